The van der Waals surface area contributed by atoms with Gasteiger partial charge in [-0.1, -0.05) is 83.8 Å². The highest BCUT2D eigenvalue weighted by Gasteiger charge is 2.75. The number of unbranched alkanes of at least 4 members (excludes halogenated alkanes) is 8. The van der Waals surface area contributed by atoms with Crippen LogP contribution in [0.5, 0.6) is 0 Å². The normalized spacial score (nSPS) is 39.5. The molecule has 0 bridgehead atoms. The molecule has 4 aliphatic carbocycles. The summed E-state index contributed by atoms with van der Waals surface area (Å²) in [5.41, 5.74) is -5.36. The molecule has 4 aliphatic rings. The van der Waals surface area contributed by atoms with Crippen molar-refractivity contribution in [3.05, 3.63) is 23.8 Å². The van der Waals surface area contributed by atoms with Gasteiger partial charge in [0.05, 0.1) is 6.10 Å². The van der Waals surface area contributed by atoms with Crippen LogP contribution in [0.3, 0.4) is 0 Å². The molecule has 7 heteroatoms. The molecule has 4 rings (SSSR count). The first-order valence-electron chi connectivity index (χ1n) is 16.1. The first-order chi connectivity index (χ1) is 19.4. The lowest BCUT2D eigenvalue weighted by molar-refractivity contribution is -0.220. The van der Waals surface area contributed by atoms with Crippen LogP contribution < -0.4 is 0 Å². The van der Waals surface area contributed by atoms with E-state index in [9.17, 15) is 24.6 Å². The Morgan fingerprint density at radius 3 is 2.34 bits per heavy atom. The fourth-order valence-electron chi connectivity index (χ4n) is 9.05. The number of allylic oxidation sites excluding steroid dienone is 4. The van der Waals surface area contributed by atoms with E-state index in [1.807, 2.05) is 0 Å². The highest BCUT2D eigenvalue weighted by molar-refractivity contribution is 6.01. The van der Waals surface area contributed by atoms with Gasteiger partial charge in [0.25, 0.3) is 0 Å². The maximum Gasteiger partial charge on any atom is 0.306 e. The number of hydrogen-bond donors (Lipinski definition) is 2. The monoisotopic (exact) mass is 574 g/mol. The molecule has 8 atom stereocenters. The molecular weight excluding hydrogens is 523 g/mol. The summed E-state index contributed by atoms with van der Waals surface area (Å²) in [6.07, 6.45) is 14.8. The van der Waals surface area contributed by atoms with Crippen LogP contribution in [0, 0.1) is 28.6 Å². The van der Waals surface area contributed by atoms with Crippen molar-refractivity contribution in [3.8, 4) is 0 Å². The minimum atomic E-state index is -2.02. The van der Waals surface area contributed by atoms with Gasteiger partial charge >= 0.3 is 5.97 Å². The molecule has 0 aromatic heterocycles. The summed E-state index contributed by atoms with van der Waals surface area (Å²) in [5.74, 6) is -2.60. The Hall–Kier alpha value is -1.86. The summed E-state index contributed by atoms with van der Waals surface area (Å²) in [7, 11) is 0. The van der Waals surface area contributed by atoms with Gasteiger partial charge in [-0.25, -0.2) is 4.39 Å². The van der Waals surface area contributed by atoms with Crippen LogP contribution in [0.15, 0.2) is 23.8 Å². The number of aliphatic hydroxyl groups is 2. The maximum atomic E-state index is 17.3. The second kappa shape index (κ2) is 12.4. The largest absolute Gasteiger partial charge is 0.458 e. The zero-order valence-corrected chi connectivity index (χ0v) is 25.6. The van der Waals surface area contributed by atoms with E-state index in [2.05, 4.69) is 6.92 Å². The number of esters is 1. The number of aliphatic hydroxyl groups excluding tert-OH is 1. The van der Waals surface area contributed by atoms with Gasteiger partial charge in [-0.15, -0.1) is 0 Å². The molecule has 3 saturated carbocycles. The molecule has 41 heavy (non-hydrogen) atoms. The number of carbonyl (C=O) groups excluding carboxylic acids is 3. The van der Waals surface area contributed by atoms with E-state index in [1.54, 1.807) is 26.8 Å². The molecule has 0 aromatic rings. The zero-order valence-electron chi connectivity index (χ0n) is 25.6. The summed E-state index contributed by atoms with van der Waals surface area (Å²) < 4.78 is 22.6. The number of Topliss-reactive ketones (excluding diaryl/α,β-unsaturated/α-hetero) is 1. The van der Waals surface area contributed by atoms with Gasteiger partial charge in [-0.2, -0.15) is 0 Å². The van der Waals surface area contributed by atoms with E-state index in [-0.39, 0.29) is 24.5 Å². The zero-order chi connectivity index (χ0) is 30.1. The van der Waals surface area contributed by atoms with Crippen molar-refractivity contribution in [2.75, 3.05) is 6.61 Å². The first-order valence-corrected chi connectivity index (χ1v) is 16.1. The predicted molar refractivity (Wildman–Crippen MR) is 156 cm³/mol. The van der Waals surface area contributed by atoms with E-state index in [0.717, 1.165) is 12.8 Å². The Morgan fingerprint density at radius 2 is 1.68 bits per heavy atom. The molecule has 0 heterocycles. The molecule has 0 amide bonds. The van der Waals surface area contributed by atoms with E-state index in [1.165, 1.54) is 50.7 Å². The lowest BCUT2D eigenvalue weighted by Crippen LogP contribution is -2.69. The van der Waals surface area contributed by atoms with Crippen LogP contribution in [0.2, 0.25) is 0 Å². The number of hydrogen-bond acceptors (Lipinski definition) is 6. The van der Waals surface area contributed by atoms with Crippen LogP contribution in [0.25, 0.3) is 0 Å². The molecule has 0 aliphatic heterocycles. The summed E-state index contributed by atoms with van der Waals surface area (Å²) in [6.45, 7) is 7.03. The van der Waals surface area contributed by atoms with Crippen molar-refractivity contribution >= 4 is 17.5 Å². The Balaban J connectivity index is 1.37. The van der Waals surface area contributed by atoms with Crippen molar-refractivity contribution < 1.29 is 33.7 Å². The average molecular weight is 575 g/mol. The third-order valence-electron chi connectivity index (χ3n) is 11.5. The Bertz CT molecular complexity index is 1070. The van der Waals surface area contributed by atoms with Gasteiger partial charge in [0.1, 0.15) is 5.60 Å². The highest BCUT2D eigenvalue weighted by atomic mass is 19.1. The lowest BCUT2D eigenvalue weighted by atomic mass is 9.44. The van der Waals surface area contributed by atoms with Gasteiger partial charge in [0, 0.05) is 23.2 Å². The number of fused-ring (bicyclic) bond motifs is 5. The minimum absolute atomic E-state index is 0.0890. The van der Waals surface area contributed by atoms with Crippen molar-refractivity contribution in [1.82, 2.24) is 0 Å². The molecule has 0 unspecified atom stereocenters. The fourth-order valence-corrected chi connectivity index (χ4v) is 9.05. The molecule has 0 aromatic carbocycles. The molecular formula is C34H51FO6. The van der Waals surface area contributed by atoms with E-state index >= 15 is 4.39 Å². The third-order valence-corrected chi connectivity index (χ3v) is 11.5. The second-order valence-electron chi connectivity index (χ2n) is 13.8. The van der Waals surface area contributed by atoms with Crippen molar-refractivity contribution in [2.24, 2.45) is 28.6 Å². The summed E-state index contributed by atoms with van der Waals surface area (Å²) in [5, 5.41) is 23.5. The smallest absolute Gasteiger partial charge is 0.306 e. The SMILES string of the molecule is CCCCCCCCCCCC(=O)OCC(=O)[C@@]1(O)[C@H](C)C[C@H]2[C@@H]3CCC4=CC(=O)C=C[C@]4(C)[C@@]3(F)[C@@H](O)C[C@@]21C. The average Bonchev–Trinajstić information content (AvgIpc) is 3.13. The second-order valence-corrected chi connectivity index (χ2v) is 13.8. The van der Waals surface area contributed by atoms with Gasteiger partial charge in [0.15, 0.2) is 18.1 Å². The molecule has 0 spiro atoms. The van der Waals surface area contributed by atoms with Crippen LogP contribution in [-0.4, -0.2) is 51.7 Å². The van der Waals surface area contributed by atoms with Gasteiger partial charge < -0.3 is 14.9 Å². The standard InChI is InChI=1S/C34H51FO6/c1-5-6-7-8-9-10-11-12-13-14-30(39)41-22-29(38)34(40)23(2)19-27-26-16-15-24-20-25(36)17-18-31(24,3)33(26,35)28(37)21-32(27,34)4/h17-18,20,23,26-28,37,40H,5-16,19,21-22H2,1-4H3/t23-,26+,27+,28+,31+,32+,33+,34+/m1/s1. The minimum Gasteiger partial charge on any atom is -0.458 e. The van der Waals surface area contributed by atoms with Gasteiger partial charge in [-0.05, 0) is 63.0 Å². The van der Waals surface area contributed by atoms with E-state index < -0.39 is 58.4 Å². The van der Waals surface area contributed by atoms with Crippen molar-refractivity contribution in [3.63, 3.8) is 0 Å². The fraction of sp³-hybridized carbons (Fsp3) is 0.794. The Labute approximate surface area is 245 Å². The van der Waals surface area contributed by atoms with E-state index in [4.69, 9.17) is 4.74 Å². The summed E-state index contributed by atoms with van der Waals surface area (Å²) in [6, 6.07) is 0. The molecule has 2 N–H and O–H groups in total. The Morgan fingerprint density at radius 1 is 1.05 bits per heavy atom. The quantitative estimate of drug-likeness (QED) is 0.196. The predicted octanol–water partition coefficient (Wildman–Crippen LogP) is 6.37. The van der Waals surface area contributed by atoms with Gasteiger partial charge in [0.2, 0.25) is 5.78 Å². The molecule has 3 fully saturated rings. The van der Waals surface area contributed by atoms with Crippen LogP contribution in [0.1, 0.15) is 118 Å². The molecule has 6 nitrogen and oxygen atoms in total. The molecule has 0 saturated heterocycles. The number of alkyl halides is 1. The van der Waals surface area contributed by atoms with Crippen molar-refractivity contribution in [2.45, 2.75) is 135 Å². The lowest BCUT2D eigenvalue weighted by Gasteiger charge is -2.62. The maximum absolute atomic E-state index is 17.3. The topological polar surface area (TPSA) is 101 Å². The van der Waals surface area contributed by atoms with Crippen LogP contribution in [0.4, 0.5) is 4.39 Å². The first kappa shape index (κ1) is 32.1. The number of rotatable bonds is 13. The molecule has 0 radical (unpaired) electrons. The Kier molecular flexibility index (Phi) is 9.70. The molecule has 230 valence electrons. The number of carbonyl (C=O) groups is 3. The van der Waals surface area contributed by atoms with E-state index in [0.29, 0.717) is 31.3 Å². The van der Waals surface area contributed by atoms with Gasteiger partial charge in [-0.3, -0.25) is 14.4 Å². The number of halogens is 1. The third kappa shape index (κ3) is 5.39. The number of ketones is 2. The summed E-state index contributed by atoms with van der Waals surface area (Å²) >= 11 is 0. The summed E-state index contributed by atoms with van der Waals surface area (Å²) in [4.78, 5) is 38.0. The van der Waals surface area contributed by atoms with Crippen LogP contribution >= 0.6 is 0 Å². The number of ether oxygens (including phenoxy) is 1. The van der Waals surface area contributed by atoms with Crippen molar-refractivity contribution in [1.29, 1.82) is 0 Å². The van der Waals surface area contributed by atoms with Crippen LogP contribution in [-0.2, 0) is 19.1 Å². The highest BCUT2D eigenvalue weighted by Crippen LogP contribution is 2.70.